The summed E-state index contributed by atoms with van der Waals surface area (Å²) in [5.41, 5.74) is 0. The number of rotatable bonds is 5. The Hall–Kier alpha value is -0.0400. The number of alkyl halides is 1. The van der Waals surface area contributed by atoms with E-state index >= 15 is 0 Å². The van der Waals surface area contributed by atoms with Crippen molar-refractivity contribution in [2.24, 2.45) is 0 Å². The van der Waals surface area contributed by atoms with Gasteiger partial charge in [0.1, 0.15) is 6.17 Å². The molecular weight excluding hydrogens is 195 g/mol. The third-order valence-corrected chi connectivity index (χ3v) is 2.54. The van der Waals surface area contributed by atoms with Crippen LogP contribution in [0.25, 0.3) is 0 Å². The van der Waals surface area contributed by atoms with E-state index in [1.165, 1.54) is 0 Å². The molecule has 0 bridgehead atoms. The smallest absolute Gasteiger partial charge is 0.231 e. The quantitative estimate of drug-likeness (QED) is 0.501. The normalized spacial score (nSPS) is 26.5. The molecule has 6 heteroatoms. The van der Waals surface area contributed by atoms with Gasteiger partial charge >= 0.3 is 0 Å². The van der Waals surface area contributed by atoms with Crippen molar-refractivity contribution in [2.75, 3.05) is 26.2 Å². The number of likely N-dealkylation sites (tertiary alicyclic amines) is 1. The lowest BCUT2D eigenvalue weighted by molar-refractivity contribution is 0.286. The van der Waals surface area contributed by atoms with Crippen LogP contribution in [0.2, 0.25) is 0 Å². The molecule has 1 fully saturated rings. The monoisotopic (exact) mass is 210 g/mol. The van der Waals surface area contributed by atoms with Crippen LogP contribution in [0.1, 0.15) is 12.8 Å². The lowest BCUT2D eigenvalue weighted by atomic mass is 10.3. The average Bonchev–Trinajstić information content (AvgIpc) is 2.45. The van der Waals surface area contributed by atoms with E-state index in [0.29, 0.717) is 19.5 Å². The lowest BCUT2D eigenvalue weighted by Crippen LogP contribution is -2.26. The molecular formula is C7H15FN2O2S. The van der Waals surface area contributed by atoms with Gasteiger partial charge in [0.15, 0.2) is 0 Å². The highest BCUT2D eigenvalue weighted by Crippen LogP contribution is 2.11. The SMILES string of the molecule is O=S(O)NCCCN1CCC(F)C1. The van der Waals surface area contributed by atoms with Gasteiger partial charge in [-0.15, -0.1) is 0 Å². The Morgan fingerprint density at radius 1 is 1.69 bits per heavy atom. The van der Waals surface area contributed by atoms with Crippen LogP contribution in [0.3, 0.4) is 0 Å². The molecule has 78 valence electrons. The molecule has 1 aliphatic heterocycles. The van der Waals surface area contributed by atoms with Gasteiger partial charge in [-0.05, 0) is 19.4 Å². The first-order valence-corrected chi connectivity index (χ1v) is 5.50. The number of halogens is 1. The summed E-state index contributed by atoms with van der Waals surface area (Å²) in [7, 11) is 0. The summed E-state index contributed by atoms with van der Waals surface area (Å²) >= 11 is -1.92. The Balaban J connectivity index is 1.97. The highest BCUT2D eigenvalue weighted by Gasteiger charge is 2.20. The second-order valence-electron chi connectivity index (χ2n) is 3.18. The molecule has 0 aromatic carbocycles. The van der Waals surface area contributed by atoms with Crippen molar-refractivity contribution in [1.82, 2.24) is 9.62 Å². The summed E-state index contributed by atoms with van der Waals surface area (Å²) in [4.78, 5) is 2.03. The molecule has 4 nitrogen and oxygen atoms in total. The van der Waals surface area contributed by atoms with Gasteiger partial charge in [0.2, 0.25) is 11.3 Å². The van der Waals surface area contributed by atoms with Crippen LogP contribution in [0, 0.1) is 0 Å². The third-order valence-electron chi connectivity index (χ3n) is 2.09. The molecule has 2 unspecified atom stereocenters. The molecule has 0 spiro atoms. The van der Waals surface area contributed by atoms with Crippen LogP contribution in [0.15, 0.2) is 0 Å². The second-order valence-corrected chi connectivity index (χ2v) is 3.97. The second kappa shape index (κ2) is 5.64. The maximum Gasteiger partial charge on any atom is 0.231 e. The van der Waals surface area contributed by atoms with E-state index in [4.69, 9.17) is 4.55 Å². The van der Waals surface area contributed by atoms with Crippen molar-refractivity contribution in [2.45, 2.75) is 19.0 Å². The van der Waals surface area contributed by atoms with Crippen LogP contribution in [-0.2, 0) is 11.3 Å². The van der Waals surface area contributed by atoms with E-state index in [-0.39, 0.29) is 0 Å². The highest BCUT2D eigenvalue weighted by molar-refractivity contribution is 7.77. The molecule has 0 radical (unpaired) electrons. The Morgan fingerprint density at radius 3 is 3.00 bits per heavy atom. The number of hydrogen-bond acceptors (Lipinski definition) is 2. The number of nitrogens with one attached hydrogen (secondary N) is 1. The highest BCUT2D eigenvalue weighted by atomic mass is 32.2. The minimum Gasteiger partial charge on any atom is -0.300 e. The van der Waals surface area contributed by atoms with Crippen molar-refractivity contribution < 1.29 is 13.2 Å². The Kier molecular flexibility index (Phi) is 4.79. The fourth-order valence-corrected chi connectivity index (χ4v) is 1.77. The largest absolute Gasteiger partial charge is 0.300 e. The Bertz CT molecular complexity index is 182. The summed E-state index contributed by atoms with van der Waals surface area (Å²) in [6.07, 6.45) is 0.721. The maximum absolute atomic E-state index is 12.7. The Morgan fingerprint density at radius 2 is 2.46 bits per heavy atom. The number of nitrogens with zero attached hydrogens (tertiary/aromatic N) is 1. The van der Waals surface area contributed by atoms with Gasteiger partial charge < -0.3 is 4.90 Å². The number of hydrogen-bond donors (Lipinski definition) is 2. The lowest BCUT2D eigenvalue weighted by Gasteiger charge is -2.13. The van der Waals surface area contributed by atoms with E-state index in [0.717, 1.165) is 19.5 Å². The molecule has 0 aromatic rings. The van der Waals surface area contributed by atoms with Gasteiger partial charge in [-0.2, -0.15) is 0 Å². The fourth-order valence-electron chi connectivity index (χ4n) is 1.45. The van der Waals surface area contributed by atoms with Gasteiger partial charge in [0.05, 0.1) is 0 Å². The first kappa shape index (κ1) is 11.0. The van der Waals surface area contributed by atoms with Gasteiger partial charge in [-0.25, -0.2) is 13.3 Å². The molecule has 2 N–H and O–H groups in total. The van der Waals surface area contributed by atoms with Crippen LogP contribution in [0.4, 0.5) is 4.39 Å². The first-order valence-electron chi connectivity index (χ1n) is 4.39. The van der Waals surface area contributed by atoms with E-state index in [1.54, 1.807) is 0 Å². The summed E-state index contributed by atoms with van der Waals surface area (Å²) in [6, 6.07) is 0. The van der Waals surface area contributed by atoms with Crippen molar-refractivity contribution in [3.05, 3.63) is 0 Å². The summed E-state index contributed by atoms with van der Waals surface area (Å²) < 4.78 is 33.6. The molecule has 0 aliphatic carbocycles. The topological polar surface area (TPSA) is 52.6 Å². The molecule has 13 heavy (non-hydrogen) atoms. The first-order chi connectivity index (χ1) is 6.18. The summed E-state index contributed by atoms with van der Waals surface area (Å²) in [6.45, 7) is 2.62. The zero-order valence-corrected chi connectivity index (χ0v) is 8.23. The van der Waals surface area contributed by atoms with E-state index in [1.807, 2.05) is 4.90 Å². The summed E-state index contributed by atoms with van der Waals surface area (Å²) in [5.74, 6) is 0. The zero-order chi connectivity index (χ0) is 9.68. The van der Waals surface area contributed by atoms with Crippen LogP contribution >= 0.6 is 0 Å². The molecule has 1 heterocycles. The minimum atomic E-state index is -1.92. The molecule has 0 amide bonds. The van der Waals surface area contributed by atoms with Gasteiger partial charge in [-0.1, -0.05) is 0 Å². The van der Waals surface area contributed by atoms with E-state index in [9.17, 15) is 8.60 Å². The van der Waals surface area contributed by atoms with Gasteiger partial charge in [-0.3, -0.25) is 4.55 Å². The molecule has 1 aliphatic rings. The fraction of sp³-hybridized carbons (Fsp3) is 1.00. The molecule has 1 saturated heterocycles. The third kappa shape index (κ3) is 4.66. The molecule has 0 saturated carbocycles. The standard InChI is InChI=1S/C7H15FN2O2S/c8-7-2-5-10(6-7)4-1-3-9-13(11)12/h7,9H,1-6H2,(H,11,12). The Labute approximate surface area is 79.9 Å². The van der Waals surface area contributed by atoms with Crippen molar-refractivity contribution >= 4 is 11.3 Å². The average molecular weight is 210 g/mol. The van der Waals surface area contributed by atoms with Crippen molar-refractivity contribution in [1.29, 1.82) is 0 Å². The van der Waals surface area contributed by atoms with E-state index in [2.05, 4.69) is 4.72 Å². The zero-order valence-electron chi connectivity index (χ0n) is 7.41. The van der Waals surface area contributed by atoms with Crippen LogP contribution in [-0.4, -0.2) is 46.0 Å². The van der Waals surface area contributed by atoms with Gasteiger partial charge in [0.25, 0.3) is 0 Å². The van der Waals surface area contributed by atoms with Crippen molar-refractivity contribution in [3.63, 3.8) is 0 Å². The molecule has 1 rings (SSSR count). The van der Waals surface area contributed by atoms with Crippen LogP contribution in [0.5, 0.6) is 0 Å². The van der Waals surface area contributed by atoms with Crippen LogP contribution < -0.4 is 4.72 Å². The predicted octanol–water partition coefficient (Wildman–Crippen LogP) is 0.147. The summed E-state index contributed by atoms with van der Waals surface area (Å²) in [5, 5.41) is 0. The van der Waals surface area contributed by atoms with Crippen molar-refractivity contribution in [3.8, 4) is 0 Å². The molecule has 0 aromatic heterocycles. The van der Waals surface area contributed by atoms with Gasteiger partial charge in [0, 0.05) is 19.6 Å². The minimum absolute atomic E-state index is 0.497. The predicted molar refractivity (Wildman–Crippen MR) is 49.3 cm³/mol. The van der Waals surface area contributed by atoms with E-state index < -0.39 is 17.4 Å². The molecule has 2 atom stereocenters. The maximum atomic E-state index is 12.7.